The lowest BCUT2D eigenvalue weighted by atomic mass is 10.3. The third kappa shape index (κ3) is 3.95. The first-order valence-corrected chi connectivity index (χ1v) is 8.00. The molecular weight excluding hydrogens is 296 g/mol. The lowest BCUT2D eigenvalue weighted by Gasteiger charge is -2.13. The Morgan fingerprint density at radius 3 is 3.17 bits per heavy atom. The number of anilines is 1. The van der Waals surface area contributed by atoms with Crippen LogP contribution >= 0.6 is 0 Å². The summed E-state index contributed by atoms with van der Waals surface area (Å²) >= 11 is 0. The van der Waals surface area contributed by atoms with E-state index in [-0.39, 0.29) is 5.91 Å². The minimum Gasteiger partial charge on any atom is -0.339 e. The largest absolute Gasteiger partial charge is 0.339 e. The summed E-state index contributed by atoms with van der Waals surface area (Å²) in [5.74, 6) is 1.94. The van der Waals surface area contributed by atoms with Crippen molar-refractivity contribution in [2.24, 2.45) is 0 Å². The lowest BCUT2D eigenvalue weighted by molar-refractivity contribution is -0.114. The van der Waals surface area contributed by atoms with Crippen molar-refractivity contribution in [3.05, 3.63) is 24.0 Å². The summed E-state index contributed by atoms with van der Waals surface area (Å²) in [7, 11) is 0. The highest BCUT2D eigenvalue weighted by Gasteiger charge is 2.25. The standard InChI is InChI=1S/C15H22N6O2/c1-3-4-15-17-14(19-23-15)10-20-7-5-12(9-20)21-8-6-13(18-21)16-11(2)22/h6,8,12H,3-5,7,9-10H2,1-2H3,(H,16,18,22). The van der Waals surface area contributed by atoms with Gasteiger partial charge in [-0.3, -0.25) is 14.4 Å². The summed E-state index contributed by atoms with van der Waals surface area (Å²) in [6, 6.07) is 2.12. The second-order valence-electron chi connectivity index (χ2n) is 5.89. The number of likely N-dealkylation sites (tertiary alicyclic amines) is 1. The van der Waals surface area contributed by atoms with E-state index in [0.717, 1.165) is 38.2 Å². The van der Waals surface area contributed by atoms with Crippen molar-refractivity contribution in [2.45, 2.75) is 45.7 Å². The maximum absolute atomic E-state index is 11.1. The number of carbonyl (C=O) groups is 1. The molecule has 1 aliphatic heterocycles. The molecular formula is C15H22N6O2. The van der Waals surface area contributed by atoms with E-state index in [1.54, 1.807) is 0 Å². The molecule has 1 unspecified atom stereocenters. The van der Waals surface area contributed by atoms with Crippen LogP contribution in [0.4, 0.5) is 5.82 Å². The van der Waals surface area contributed by atoms with Crippen LogP contribution in [0.5, 0.6) is 0 Å². The number of nitrogens with zero attached hydrogens (tertiary/aromatic N) is 5. The molecule has 0 aromatic carbocycles. The summed E-state index contributed by atoms with van der Waals surface area (Å²) in [5, 5.41) is 11.1. The monoisotopic (exact) mass is 318 g/mol. The lowest BCUT2D eigenvalue weighted by Crippen LogP contribution is -2.22. The van der Waals surface area contributed by atoms with Gasteiger partial charge < -0.3 is 9.84 Å². The molecule has 1 aliphatic rings. The number of hydrogen-bond donors (Lipinski definition) is 1. The predicted octanol–water partition coefficient (Wildman–Crippen LogP) is 1.62. The fourth-order valence-electron chi connectivity index (χ4n) is 2.83. The van der Waals surface area contributed by atoms with Gasteiger partial charge in [-0.1, -0.05) is 12.1 Å². The van der Waals surface area contributed by atoms with E-state index in [1.165, 1.54) is 6.92 Å². The molecule has 0 radical (unpaired) electrons. The van der Waals surface area contributed by atoms with Gasteiger partial charge in [0.2, 0.25) is 11.8 Å². The number of amides is 1. The highest BCUT2D eigenvalue weighted by molar-refractivity contribution is 5.87. The molecule has 1 N–H and O–H groups in total. The van der Waals surface area contributed by atoms with Gasteiger partial charge in [-0.15, -0.1) is 0 Å². The van der Waals surface area contributed by atoms with E-state index >= 15 is 0 Å². The molecule has 8 heteroatoms. The van der Waals surface area contributed by atoms with E-state index in [4.69, 9.17) is 4.52 Å². The Morgan fingerprint density at radius 1 is 1.52 bits per heavy atom. The smallest absolute Gasteiger partial charge is 0.226 e. The second-order valence-corrected chi connectivity index (χ2v) is 5.89. The Kier molecular flexibility index (Phi) is 4.71. The molecule has 0 spiro atoms. The van der Waals surface area contributed by atoms with Gasteiger partial charge in [-0.05, 0) is 12.8 Å². The van der Waals surface area contributed by atoms with Gasteiger partial charge in [0.25, 0.3) is 0 Å². The van der Waals surface area contributed by atoms with E-state index in [0.29, 0.717) is 24.3 Å². The van der Waals surface area contributed by atoms with Crippen molar-refractivity contribution in [1.29, 1.82) is 0 Å². The fraction of sp³-hybridized carbons (Fsp3) is 0.600. The summed E-state index contributed by atoms with van der Waals surface area (Å²) in [6.07, 6.45) is 4.76. The van der Waals surface area contributed by atoms with Crippen LogP contribution in [-0.2, 0) is 17.8 Å². The average Bonchev–Trinajstić information content (AvgIpc) is 3.20. The van der Waals surface area contributed by atoms with Crippen molar-refractivity contribution in [2.75, 3.05) is 18.4 Å². The van der Waals surface area contributed by atoms with Crippen LogP contribution in [0.25, 0.3) is 0 Å². The van der Waals surface area contributed by atoms with Crippen LogP contribution in [0.1, 0.15) is 44.4 Å². The van der Waals surface area contributed by atoms with Crippen LogP contribution in [0.2, 0.25) is 0 Å². The van der Waals surface area contributed by atoms with Crippen molar-refractivity contribution in [3.63, 3.8) is 0 Å². The van der Waals surface area contributed by atoms with Gasteiger partial charge in [-0.25, -0.2) is 0 Å². The number of aryl methyl sites for hydroxylation is 1. The Morgan fingerprint density at radius 2 is 2.39 bits per heavy atom. The fourth-order valence-corrected chi connectivity index (χ4v) is 2.83. The molecule has 3 rings (SSSR count). The maximum Gasteiger partial charge on any atom is 0.226 e. The second kappa shape index (κ2) is 6.91. The van der Waals surface area contributed by atoms with E-state index in [1.807, 2.05) is 16.9 Å². The molecule has 0 aliphatic carbocycles. The first-order valence-electron chi connectivity index (χ1n) is 8.00. The van der Waals surface area contributed by atoms with Gasteiger partial charge in [0.1, 0.15) is 0 Å². The zero-order valence-corrected chi connectivity index (χ0v) is 13.5. The van der Waals surface area contributed by atoms with Crippen molar-refractivity contribution >= 4 is 11.7 Å². The molecule has 2 aromatic heterocycles. The minimum absolute atomic E-state index is 0.108. The molecule has 8 nitrogen and oxygen atoms in total. The van der Waals surface area contributed by atoms with Crippen LogP contribution in [-0.4, -0.2) is 43.8 Å². The summed E-state index contributed by atoms with van der Waals surface area (Å²) < 4.78 is 7.14. The van der Waals surface area contributed by atoms with Crippen molar-refractivity contribution in [1.82, 2.24) is 24.8 Å². The first kappa shape index (κ1) is 15.7. The predicted molar refractivity (Wildman–Crippen MR) is 83.8 cm³/mol. The minimum atomic E-state index is -0.108. The highest BCUT2D eigenvalue weighted by Crippen LogP contribution is 2.23. The molecule has 124 valence electrons. The molecule has 0 saturated carbocycles. The topological polar surface area (TPSA) is 89.1 Å². The van der Waals surface area contributed by atoms with Gasteiger partial charge in [-0.2, -0.15) is 10.1 Å². The Bertz CT molecular complexity index is 664. The van der Waals surface area contributed by atoms with Crippen LogP contribution in [0.15, 0.2) is 16.8 Å². The highest BCUT2D eigenvalue weighted by atomic mass is 16.5. The summed E-state index contributed by atoms with van der Waals surface area (Å²) in [5.41, 5.74) is 0. The zero-order chi connectivity index (χ0) is 16.2. The number of hydrogen-bond acceptors (Lipinski definition) is 6. The average molecular weight is 318 g/mol. The Hall–Kier alpha value is -2.22. The van der Waals surface area contributed by atoms with Crippen molar-refractivity contribution < 1.29 is 9.32 Å². The third-order valence-corrected chi connectivity index (χ3v) is 3.87. The number of carbonyl (C=O) groups excluding carboxylic acids is 1. The molecule has 1 amide bonds. The van der Waals surface area contributed by atoms with Crippen LogP contribution in [0, 0.1) is 0 Å². The van der Waals surface area contributed by atoms with Gasteiger partial charge in [0, 0.05) is 38.7 Å². The molecule has 0 bridgehead atoms. The van der Waals surface area contributed by atoms with Crippen LogP contribution < -0.4 is 5.32 Å². The quantitative estimate of drug-likeness (QED) is 0.870. The van der Waals surface area contributed by atoms with Crippen molar-refractivity contribution in [3.8, 4) is 0 Å². The van der Waals surface area contributed by atoms with Gasteiger partial charge in [0.15, 0.2) is 11.6 Å². The summed E-state index contributed by atoms with van der Waals surface area (Å²) in [6.45, 7) is 6.13. The number of aromatic nitrogens is 4. The normalized spacial score (nSPS) is 18.4. The first-order chi connectivity index (χ1) is 11.1. The number of nitrogens with one attached hydrogen (secondary N) is 1. The van der Waals surface area contributed by atoms with E-state index in [2.05, 4.69) is 32.4 Å². The third-order valence-electron chi connectivity index (χ3n) is 3.87. The SMILES string of the molecule is CCCc1nc(CN2CCC(n3ccc(NC(C)=O)n3)C2)no1. The Labute approximate surface area is 134 Å². The molecule has 1 atom stereocenters. The molecule has 1 saturated heterocycles. The molecule has 3 heterocycles. The molecule has 2 aromatic rings. The number of rotatable bonds is 6. The Balaban J connectivity index is 1.55. The van der Waals surface area contributed by atoms with Gasteiger partial charge >= 0.3 is 0 Å². The van der Waals surface area contributed by atoms with E-state index in [9.17, 15) is 4.79 Å². The van der Waals surface area contributed by atoms with Gasteiger partial charge in [0.05, 0.1) is 12.6 Å². The van der Waals surface area contributed by atoms with E-state index < -0.39 is 0 Å². The molecule has 1 fully saturated rings. The maximum atomic E-state index is 11.1. The zero-order valence-electron chi connectivity index (χ0n) is 13.5. The molecule has 23 heavy (non-hydrogen) atoms. The summed E-state index contributed by atoms with van der Waals surface area (Å²) in [4.78, 5) is 17.8. The van der Waals surface area contributed by atoms with Crippen LogP contribution in [0.3, 0.4) is 0 Å².